The third-order valence-corrected chi connectivity index (χ3v) is 6.72. The van der Waals surface area contributed by atoms with Gasteiger partial charge in [0.25, 0.3) is 0 Å². The van der Waals surface area contributed by atoms with Crippen LogP contribution in [0.25, 0.3) is 0 Å². The van der Waals surface area contributed by atoms with Crippen molar-refractivity contribution in [3.8, 4) is 0 Å². The van der Waals surface area contributed by atoms with Crippen molar-refractivity contribution < 1.29 is 9.18 Å². The van der Waals surface area contributed by atoms with Gasteiger partial charge in [0.1, 0.15) is 10.9 Å². The first-order valence-corrected chi connectivity index (χ1v) is 11.5. The third-order valence-electron chi connectivity index (χ3n) is 5.23. The summed E-state index contributed by atoms with van der Waals surface area (Å²) in [4.78, 5) is 24.7. The maximum atomic E-state index is 13.8. The molecule has 8 heteroatoms. The maximum Gasteiger partial charge on any atom is 0.234 e. The number of aliphatic imine (C=N–C) groups is 2. The molecule has 0 bridgehead atoms. The summed E-state index contributed by atoms with van der Waals surface area (Å²) in [5, 5.41) is 3.40. The highest BCUT2D eigenvalue weighted by atomic mass is 79.9. The number of nitrogens with one attached hydrogen (secondary N) is 1. The van der Waals surface area contributed by atoms with Gasteiger partial charge in [-0.25, -0.2) is 9.38 Å². The van der Waals surface area contributed by atoms with E-state index in [9.17, 15) is 9.18 Å². The van der Waals surface area contributed by atoms with Crippen LogP contribution in [0.15, 0.2) is 63.0 Å². The molecule has 2 aliphatic heterocycles. The SMILES string of the molecule is CN1CCC2(CC1)N=C(SCC(=O)Nc1ccccc1F)C(c1ccc(Br)cc1)=N2. The summed E-state index contributed by atoms with van der Waals surface area (Å²) in [6.45, 7) is 1.87. The second-order valence-corrected chi connectivity index (χ2v) is 9.37. The van der Waals surface area contributed by atoms with Crippen molar-refractivity contribution in [1.29, 1.82) is 0 Å². The van der Waals surface area contributed by atoms with Gasteiger partial charge in [-0.15, -0.1) is 0 Å². The number of likely N-dealkylation sites (tertiary alicyclic amines) is 1. The van der Waals surface area contributed by atoms with Crippen LogP contribution in [0.5, 0.6) is 0 Å². The van der Waals surface area contributed by atoms with E-state index in [2.05, 4.69) is 33.2 Å². The minimum Gasteiger partial charge on any atom is -0.323 e. The van der Waals surface area contributed by atoms with Crippen molar-refractivity contribution in [3.63, 3.8) is 0 Å². The normalized spacial score (nSPS) is 18.2. The zero-order chi connectivity index (χ0) is 21.1. The molecule has 2 aromatic carbocycles. The first-order valence-electron chi connectivity index (χ1n) is 9.76. The fourth-order valence-electron chi connectivity index (χ4n) is 3.50. The fourth-order valence-corrected chi connectivity index (χ4v) is 4.64. The molecule has 0 aliphatic carbocycles. The van der Waals surface area contributed by atoms with Gasteiger partial charge in [0, 0.05) is 36.0 Å². The number of hydrogen-bond acceptors (Lipinski definition) is 5. The summed E-state index contributed by atoms with van der Waals surface area (Å²) in [5.41, 5.74) is 1.55. The predicted molar refractivity (Wildman–Crippen MR) is 125 cm³/mol. The Hall–Kier alpha value is -2.03. The molecule has 1 N–H and O–H groups in total. The standard InChI is InChI=1S/C22H22BrFN4OS/c1-28-12-10-22(11-13-28)26-20(15-6-8-16(23)9-7-15)21(27-22)30-14-19(29)25-18-5-3-2-4-17(18)24/h2-9H,10-14H2,1H3,(H,25,29). The first kappa shape index (κ1) is 21.2. The van der Waals surface area contributed by atoms with E-state index in [1.807, 2.05) is 24.3 Å². The summed E-state index contributed by atoms with van der Waals surface area (Å²) < 4.78 is 14.8. The van der Waals surface area contributed by atoms with Crippen LogP contribution in [0.1, 0.15) is 18.4 Å². The lowest BCUT2D eigenvalue weighted by atomic mass is 9.99. The minimum atomic E-state index is -0.448. The number of nitrogens with zero attached hydrogens (tertiary/aromatic N) is 3. The van der Waals surface area contributed by atoms with Crippen LogP contribution in [0, 0.1) is 5.82 Å². The van der Waals surface area contributed by atoms with Crippen molar-refractivity contribution in [2.24, 2.45) is 9.98 Å². The molecule has 1 saturated heterocycles. The molecule has 156 valence electrons. The third kappa shape index (κ3) is 4.82. The molecule has 2 aromatic rings. The highest BCUT2D eigenvalue weighted by molar-refractivity contribution is 9.10. The number of hydrogen-bond donors (Lipinski definition) is 1. The van der Waals surface area contributed by atoms with Crippen LogP contribution in [-0.4, -0.2) is 53.1 Å². The largest absolute Gasteiger partial charge is 0.323 e. The zero-order valence-electron chi connectivity index (χ0n) is 16.6. The lowest BCUT2D eigenvalue weighted by Gasteiger charge is -2.33. The fraction of sp³-hybridized carbons (Fsp3) is 0.318. The summed E-state index contributed by atoms with van der Waals surface area (Å²) in [5.74, 6) is -0.581. The average Bonchev–Trinajstić information content (AvgIpc) is 3.09. The number of thioether (sulfide) groups is 1. The molecule has 5 nitrogen and oxygen atoms in total. The number of carbonyl (C=O) groups is 1. The highest BCUT2D eigenvalue weighted by Crippen LogP contribution is 2.35. The number of rotatable bonds is 4. The average molecular weight is 489 g/mol. The van der Waals surface area contributed by atoms with Crippen LogP contribution in [0.3, 0.4) is 0 Å². The zero-order valence-corrected chi connectivity index (χ0v) is 19.0. The van der Waals surface area contributed by atoms with Crippen LogP contribution in [0.4, 0.5) is 10.1 Å². The number of para-hydroxylation sites is 1. The Labute approximate surface area is 188 Å². The van der Waals surface area contributed by atoms with E-state index in [0.717, 1.165) is 46.7 Å². The lowest BCUT2D eigenvalue weighted by molar-refractivity contribution is -0.113. The van der Waals surface area contributed by atoms with E-state index in [1.54, 1.807) is 18.2 Å². The number of benzene rings is 2. The van der Waals surface area contributed by atoms with Gasteiger partial charge in [0.2, 0.25) is 5.91 Å². The molecule has 1 fully saturated rings. The molecule has 0 atom stereocenters. The van der Waals surface area contributed by atoms with Crippen LogP contribution in [-0.2, 0) is 4.79 Å². The monoisotopic (exact) mass is 488 g/mol. The Morgan fingerprint density at radius 1 is 1.17 bits per heavy atom. The van der Waals surface area contributed by atoms with Crippen molar-refractivity contribution in [3.05, 3.63) is 64.4 Å². The molecule has 2 aliphatic rings. The minimum absolute atomic E-state index is 0.138. The highest BCUT2D eigenvalue weighted by Gasteiger charge is 2.39. The van der Waals surface area contributed by atoms with Gasteiger partial charge in [-0.2, -0.15) is 0 Å². The topological polar surface area (TPSA) is 57.1 Å². The van der Waals surface area contributed by atoms with E-state index in [0.29, 0.717) is 0 Å². The van der Waals surface area contributed by atoms with Gasteiger partial charge in [-0.05, 0) is 31.3 Å². The molecule has 0 aromatic heterocycles. The van der Waals surface area contributed by atoms with Gasteiger partial charge in [-0.1, -0.05) is 52.0 Å². The predicted octanol–water partition coefficient (Wildman–Crippen LogP) is 4.58. The van der Waals surface area contributed by atoms with Crippen molar-refractivity contribution in [2.45, 2.75) is 18.5 Å². The Balaban J connectivity index is 1.52. The summed E-state index contributed by atoms with van der Waals surface area (Å²) in [7, 11) is 2.10. The molecular weight excluding hydrogens is 467 g/mol. The lowest BCUT2D eigenvalue weighted by Crippen LogP contribution is -2.39. The van der Waals surface area contributed by atoms with Crippen molar-refractivity contribution in [2.75, 3.05) is 31.2 Å². The maximum absolute atomic E-state index is 13.8. The van der Waals surface area contributed by atoms with Gasteiger partial charge < -0.3 is 10.2 Å². The number of piperidine rings is 1. The Morgan fingerprint density at radius 2 is 1.87 bits per heavy atom. The van der Waals surface area contributed by atoms with E-state index in [4.69, 9.17) is 9.98 Å². The second kappa shape index (κ2) is 8.99. The van der Waals surface area contributed by atoms with E-state index >= 15 is 0 Å². The van der Waals surface area contributed by atoms with E-state index < -0.39 is 11.5 Å². The first-order chi connectivity index (χ1) is 14.4. The molecule has 0 unspecified atom stereocenters. The quantitative estimate of drug-likeness (QED) is 0.684. The number of carbonyl (C=O) groups excluding carboxylic acids is 1. The van der Waals surface area contributed by atoms with Gasteiger partial charge >= 0.3 is 0 Å². The second-order valence-electron chi connectivity index (χ2n) is 7.49. The summed E-state index contributed by atoms with van der Waals surface area (Å²) >= 11 is 4.82. The van der Waals surface area contributed by atoms with Crippen molar-refractivity contribution >= 4 is 50.0 Å². The molecule has 2 heterocycles. The van der Waals surface area contributed by atoms with E-state index in [-0.39, 0.29) is 17.3 Å². The van der Waals surface area contributed by atoms with Crippen LogP contribution < -0.4 is 5.32 Å². The molecule has 1 spiro atoms. The van der Waals surface area contributed by atoms with Crippen molar-refractivity contribution in [1.82, 2.24) is 4.90 Å². The van der Waals surface area contributed by atoms with E-state index in [1.165, 1.54) is 17.8 Å². The van der Waals surface area contributed by atoms with Gasteiger partial charge in [0.05, 0.1) is 17.2 Å². The number of anilines is 1. The molecule has 30 heavy (non-hydrogen) atoms. The van der Waals surface area contributed by atoms with Gasteiger partial charge in [-0.3, -0.25) is 9.79 Å². The van der Waals surface area contributed by atoms with Gasteiger partial charge in [0.15, 0.2) is 5.66 Å². The molecule has 0 saturated carbocycles. The Bertz CT molecular complexity index is 1000. The molecule has 0 radical (unpaired) electrons. The van der Waals surface area contributed by atoms with Crippen LogP contribution in [0.2, 0.25) is 0 Å². The summed E-state index contributed by atoms with van der Waals surface area (Å²) in [6, 6.07) is 14.1. The van der Waals surface area contributed by atoms with Crippen LogP contribution >= 0.6 is 27.7 Å². The molecular formula is C22H22BrFN4OS. The smallest absolute Gasteiger partial charge is 0.234 e. The Morgan fingerprint density at radius 3 is 2.57 bits per heavy atom. The Kier molecular flexibility index (Phi) is 6.36. The molecule has 1 amide bonds. The molecule has 4 rings (SSSR count). The number of halogens is 2. The number of amides is 1. The summed E-state index contributed by atoms with van der Waals surface area (Å²) in [6.07, 6.45) is 1.71.